The molecule has 1 aromatic carbocycles. The summed E-state index contributed by atoms with van der Waals surface area (Å²) in [6.07, 6.45) is 1.61. The van der Waals surface area contributed by atoms with Crippen LogP contribution < -0.4 is 0 Å². The summed E-state index contributed by atoms with van der Waals surface area (Å²) in [6.45, 7) is 8.44. The Morgan fingerprint density at radius 2 is 1.88 bits per heavy atom. The number of benzene rings is 1. The molecule has 0 radical (unpaired) electrons. The minimum atomic E-state index is -0.199. The van der Waals surface area contributed by atoms with Crippen molar-refractivity contribution in [1.29, 1.82) is 0 Å². The number of furan rings is 1. The molecule has 0 bridgehead atoms. The van der Waals surface area contributed by atoms with Crippen molar-refractivity contribution >= 4 is 29.1 Å². The van der Waals surface area contributed by atoms with Crippen molar-refractivity contribution in [2.45, 2.75) is 33.4 Å². The normalized spacial score (nSPS) is 14.9. The third-order valence-electron chi connectivity index (χ3n) is 4.26. The van der Waals surface area contributed by atoms with E-state index in [0.29, 0.717) is 22.8 Å². The number of imide groups is 1. The lowest BCUT2D eigenvalue weighted by atomic mass is 9.98. The highest BCUT2D eigenvalue weighted by Gasteiger charge is 2.39. The molecular formula is C21H23NO3S. The van der Waals surface area contributed by atoms with E-state index in [9.17, 15) is 9.59 Å². The topological polar surface area (TPSA) is 50.5 Å². The molecule has 2 amide bonds. The first kappa shape index (κ1) is 18.5. The summed E-state index contributed by atoms with van der Waals surface area (Å²) in [5.41, 5.74) is 3.49. The highest BCUT2D eigenvalue weighted by atomic mass is 32.2. The second-order valence-electron chi connectivity index (χ2n) is 7.01. The first-order valence-electron chi connectivity index (χ1n) is 8.71. The largest absolute Gasteiger partial charge is 0.468 e. The maximum Gasteiger partial charge on any atom is 0.268 e. The van der Waals surface area contributed by atoms with Gasteiger partial charge in [0.1, 0.15) is 5.76 Å². The SMILES string of the molecule is Cc1ccc(C2=C(SCc3ccco3)C(=O)N(CC(C)C)C2=O)c(C)c1. The lowest BCUT2D eigenvalue weighted by Gasteiger charge is -2.17. The van der Waals surface area contributed by atoms with Gasteiger partial charge in [-0.3, -0.25) is 14.5 Å². The zero-order valence-electron chi connectivity index (χ0n) is 15.5. The van der Waals surface area contributed by atoms with Gasteiger partial charge in [-0.05, 0) is 43.0 Å². The number of hydrogen-bond donors (Lipinski definition) is 0. The smallest absolute Gasteiger partial charge is 0.268 e. The van der Waals surface area contributed by atoms with Gasteiger partial charge in [0.25, 0.3) is 11.8 Å². The molecule has 0 saturated heterocycles. The Hall–Kier alpha value is -2.27. The Balaban J connectivity index is 2.01. The number of hydrogen-bond acceptors (Lipinski definition) is 4. The maximum absolute atomic E-state index is 13.1. The number of nitrogens with zero attached hydrogens (tertiary/aromatic N) is 1. The average Bonchev–Trinajstić information content (AvgIpc) is 3.16. The van der Waals surface area contributed by atoms with E-state index in [1.807, 2.05) is 58.0 Å². The molecular weight excluding hydrogens is 346 g/mol. The number of aryl methyl sites for hydroxylation is 2. The monoisotopic (exact) mass is 369 g/mol. The molecule has 1 aliphatic rings. The average molecular weight is 369 g/mol. The summed E-state index contributed by atoms with van der Waals surface area (Å²) in [4.78, 5) is 27.9. The van der Waals surface area contributed by atoms with E-state index >= 15 is 0 Å². The Kier molecular flexibility index (Phi) is 5.37. The minimum absolute atomic E-state index is 0.197. The van der Waals surface area contributed by atoms with Gasteiger partial charge in [-0.2, -0.15) is 0 Å². The van der Waals surface area contributed by atoms with Crippen LogP contribution in [-0.2, 0) is 15.3 Å². The molecule has 3 rings (SSSR count). The van der Waals surface area contributed by atoms with Gasteiger partial charge in [0, 0.05) is 6.54 Å². The van der Waals surface area contributed by atoms with Gasteiger partial charge in [-0.25, -0.2) is 0 Å². The van der Waals surface area contributed by atoms with Crippen LogP contribution in [0.2, 0.25) is 0 Å². The summed E-state index contributed by atoms with van der Waals surface area (Å²) in [7, 11) is 0. The first-order chi connectivity index (χ1) is 12.4. The molecule has 2 heterocycles. The van der Waals surface area contributed by atoms with Crippen LogP contribution in [-0.4, -0.2) is 23.3 Å². The Morgan fingerprint density at radius 3 is 2.50 bits per heavy atom. The summed E-state index contributed by atoms with van der Waals surface area (Å²) in [5, 5.41) is 0. The molecule has 0 unspecified atom stereocenters. The number of carbonyl (C=O) groups is 2. The van der Waals surface area contributed by atoms with Gasteiger partial charge in [0.2, 0.25) is 0 Å². The molecule has 1 aliphatic heterocycles. The fourth-order valence-electron chi connectivity index (χ4n) is 3.09. The molecule has 1 aromatic heterocycles. The van der Waals surface area contributed by atoms with Crippen molar-refractivity contribution in [2.24, 2.45) is 5.92 Å². The van der Waals surface area contributed by atoms with Crippen molar-refractivity contribution in [3.63, 3.8) is 0 Å². The zero-order chi connectivity index (χ0) is 18.8. The van der Waals surface area contributed by atoms with Crippen molar-refractivity contribution in [3.8, 4) is 0 Å². The van der Waals surface area contributed by atoms with E-state index in [0.717, 1.165) is 22.5 Å². The number of amides is 2. The van der Waals surface area contributed by atoms with E-state index in [2.05, 4.69) is 0 Å². The molecule has 0 N–H and O–H groups in total. The second-order valence-corrected chi connectivity index (χ2v) is 7.99. The maximum atomic E-state index is 13.1. The van der Waals surface area contributed by atoms with Crippen LogP contribution in [0.25, 0.3) is 5.57 Å². The van der Waals surface area contributed by atoms with E-state index in [4.69, 9.17) is 4.42 Å². The number of carbonyl (C=O) groups excluding carboxylic acids is 2. The fraction of sp³-hybridized carbons (Fsp3) is 0.333. The molecule has 0 atom stereocenters. The molecule has 0 saturated carbocycles. The van der Waals surface area contributed by atoms with E-state index in [-0.39, 0.29) is 17.7 Å². The van der Waals surface area contributed by atoms with Crippen molar-refractivity contribution < 1.29 is 14.0 Å². The van der Waals surface area contributed by atoms with Gasteiger partial charge in [0.05, 0.1) is 22.5 Å². The molecule has 0 aliphatic carbocycles. The van der Waals surface area contributed by atoms with Gasteiger partial charge in [-0.1, -0.05) is 37.6 Å². The Bertz CT molecular complexity index is 865. The van der Waals surface area contributed by atoms with Crippen molar-refractivity contribution in [3.05, 3.63) is 64.0 Å². The third-order valence-corrected chi connectivity index (χ3v) is 5.36. The van der Waals surface area contributed by atoms with Crippen LogP contribution in [0, 0.1) is 19.8 Å². The van der Waals surface area contributed by atoms with Gasteiger partial charge >= 0.3 is 0 Å². The lowest BCUT2D eigenvalue weighted by Crippen LogP contribution is -2.34. The third kappa shape index (κ3) is 3.63. The standard InChI is InChI=1S/C21H23NO3S/c1-13(2)11-22-20(23)18(17-8-7-14(3)10-15(17)4)19(21(22)24)26-12-16-6-5-9-25-16/h5-10,13H,11-12H2,1-4H3. The molecule has 0 fully saturated rings. The quantitative estimate of drug-likeness (QED) is 0.700. The molecule has 26 heavy (non-hydrogen) atoms. The van der Waals surface area contributed by atoms with E-state index in [1.54, 1.807) is 6.26 Å². The zero-order valence-corrected chi connectivity index (χ0v) is 16.4. The van der Waals surface area contributed by atoms with Crippen LogP contribution in [0.3, 0.4) is 0 Å². The van der Waals surface area contributed by atoms with Crippen LogP contribution in [0.1, 0.15) is 36.3 Å². The Morgan fingerprint density at radius 1 is 1.12 bits per heavy atom. The minimum Gasteiger partial charge on any atom is -0.468 e. The molecule has 5 heteroatoms. The van der Waals surface area contributed by atoms with Gasteiger partial charge in [0.15, 0.2) is 0 Å². The molecule has 0 spiro atoms. The van der Waals surface area contributed by atoms with Crippen LogP contribution in [0.5, 0.6) is 0 Å². The second kappa shape index (κ2) is 7.54. The summed E-state index contributed by atoms with van der Waals surface area (Å²) < 4.78 is 5.37. The highest BCUT2D eigenvalue weighted by Crippen LogP contribution is 2.39. The number of thioether (sulfide) groups is 1. The van der Waals surface area contributed by atoms with Crippen molar-refractivity contribution in [2.75, 3.05) is 6.54 Å². The number of rotatable bonds is 6. The highest BCUT2D eigenvalue weighted by molar-refractivity contribution is 8.03. The first-order valence-corrected chi connectivity index (χ1v) is 9.70. The molecule has 4 nitrogen and oxygen atoms in total. The predicted octanol–water partition coefficient (Wildman–Crippen LogP) is 4.57. The lowest BCUT2D eigenvalue weighted by molar-refractivity contribution is -0.137. The van der Waals surface area contributed by atoms with Crippen LogP contribution in [0.15, 0.2) is 45.9 Å². The van der Waals surface area contributed by atoms with Crippen LogP contribution >= 0.6 is 11.8 Å². The van der Waals surface area contributed by atoms with E-state index < -0.39 is 0 Å². The van der Waals surface area contributed by atoms with Crippen molar-refractivity contribution in [1.82, 2.24) is 4.90 Å². The molecule has 136 valence electrons. The fourth-order valence-corrected chi connectivity index (χ4v) is 4.11. The molecule has 2 aromatic rings. The predicted molar refractivity (Wildman–Crippen MR) is 104 cm³/mol. The van der Waals surface area contributed by atoms with E-state index in [1.165, 1.54) is 16.7 Å². The van der Waals surface area contributed by atoms with Crippen LogP contribution in [0.4, 0.5) is 0 Å². The Labute approximate surface area is 158 Å². The summed E-state index contributed by atoms with van der Waals surface area (Å²) in [5.74, 6) is 1.13. The van der Waals surface area contributed by atoms with Gasteiger partial charge in [-0.15, -0.1) is 11.8 Å². The summed E-state index contributed by atoms with van der Waals surface area (Å²) >= 11 is 1.37. The van der Waals surface area contributed by atoms with Gasteiger partial charge < -0.3 is 4.42 Å². The summed E-state index contributed by atoms with van der Waals surface area (Å²) in [6, 6.07) is 9.66.